The lowest BCUT2D eigenvalue weighted by molar-refractivity contribution is -0.128. The van der Waals surface area contributed by atoms with E-state index in [2.05, 4.69) is 46.1 Å². The standard InChI is InChI=1S/C20H30N4OS.HI/c1-21-20(23-17-8-9-18(12-17)26-2)22-13-15-5-3-6-16(11-15)14-24-10-4-7-19(24)25;/h3,5-6,11,17-18H,4,7-10,12-14H2,1-2H3,(H2,21,22,23);1H. The predicted molar refractivity (Wildman–Crippen MR) is 125 cm³/mol. The second kappa shape index (κ2) is 11.1. The molecule has 1 saturated heterocycles. The molecule has 0 aromatic heterocycles. The van der Waals surface area contributed by atoms with E-state index >= 15 is 0 Å². The summed E-state index contributed by atoms with van der Waals surface area (Å²) >= 11 is 1.97. The van der Waals surface area contributed by atoms with Gasteiger partial charge >= 0.3 is 0 Å². The molecule has 3 rings (SSSR count). The summed E-state index contributed by atoms with van der Waals surface area (Å²) < 4.78 is 0. The van der Waals surface area contributed by atoms with Crippen molar-refractivity contribution in [1.29, 1.82) is 0 Å². The van der Waals surface area contributed by atoms with Gasteiger partial charge < -0.3 is 15.5 Å². The van der Waals surface area contributed by atoms with E-state index in [4.69, 9.17) is 0 Å². The molecule has 0 bridgehead atoms. The highest BCUT2D eigenvalue weighted by molar-refractivity contribution is 14.0. The normalized spacial score (nSPS) is 22.7. The van der Waals surface area contributed by atoms with Crippen LogP contribution >= 0.6 is 35.7 Å². The van der Waals surface area contributed by atoms with Gasteiger partial charge in [0.25, 0.3) is 0 Å². The predicted octanol–water partition coefficient (Wildman–Crippen LogP) is 3.38. The summed E-state index contributed by atoms with van der Waals surface area (Å²) in [6, 6.07) is 9.00. The summed E-state index contributed by atoms with van der Waals surface area (Å²) in [5.74, 6) is 1.15. The summed E-state index contributed by atoms with van der Waals surface area (Å²) in [6.45, 7) is 2.34. The van der Waals surface area contributed by atoms with Crippen molar-refractivity contribution in [3.63, 3.8) is 0 Å². The Morgan fingerprint density at radius 2 is 2.15 bits per heavy atom. The monoisotopic (exact) mass is 502 g/mol. The number of hydrogen-bond acceptors (Lipinski definition) is 3. The summed E-state index contributed by atoms with van der Waals surface area (Å²) in [7, 11) is 1.83. The third kappa shape index (κ3) is 6.55. The summed E-state index contributed by atoms with van der Waals surface area (Å²) in [6.07, 6.45) is 7.59. The lowest BCUT2D eigenvalue weighted by Gasteiger charge is -2.18. The van der Waals surface area contributed by atoms with Gasteiger partial charge in [0.1, 0.15) is 0 Å². The third-order valence-corrected chi connectivity index (χ3v) is 6.37. The summed E-state index contributed by atoms with van der Waals surface area (Å²) in [5, 5.41) is 7.75. The van der Waals surface area contributed by atoms with Gasteiger partial charge in [-0.3, -0.25) is 9.79 Å². The Labute approximate surface area is 184 Å². The molecular weight excluding hydrogens is 471 g/mol. The average molecular weight is 502 g/mol. The van der Waals surface area contributed by atoms with E-state index in [9.17, 15) is 4.79 Å². The van der Waals surface area contributed by atoms with E-state index in [1.165, 1.54) is 30.4 Å². The van der Waals surface area contributed by atoms with Crippen molar-refractivity contribution in [3.05, 3.63) is 35.4 Å². The maximum absolute atomic E-state index is 11.8. The number of likely N-dealkylation sites (tertiary alicyclic amines) is 1. The van der Waals surface area contributed by atoms with Crippen molar-refractivity contribution in [2.75, 3.05) is 19.8 Å². The molecule has 2 aliphatic rings. The van der Waals surface area contributed by atoms with Crippen LogP contribution in [0.25, 0.3) is 0 Å². The largest absolute Gasteiger partial charge is 0.354 e. The smallest absolute Gasteiger partial charge is 0.222 e. The number of benzene rings is 1. The number of thioether (sulfide) groups is 1. The Morgan fingerprint density at radius 3 is 2.81 bits per heavy atom. The number of nitrogens with zero attached hydrogens (tertiary/aromatic N) is 2. The minimum atomic E-state index is 0. The van der Waals surface area contributed by atoms with Crippen molar-refractivity contribution in [2.24, 2.45) is 4.99 Å². The first kappa shape index (κ1) is 22.3. The molecule has 7 heteroatoms. The van der Waals surface area contributed by atoms with Gasteiger partial charge in [0.15, 0.2) is 5.96 Å². The number of carbonyl (C=O) groups excluding carboxylic acids is 1. The Balaban J connectivity index is 0.00000261. The van der Waals surface area contributed by atoms with E-state index in [1.54, 1.807) is 0 Å². The molecule has 1 heterocycles. The van der Waals surface area contributed by atoms with Crippen molar-refractivity contribution < 1.29 is 4.79 Å². The van der Waals surface area contributed by atoms with Crippen LogP contribution in [0.15, 0.2) is 29.3 Å². The van der Waals surface area contributed by atoms with Crippen LogP contribution < -0.4 is 10.6 Å². The van der Waals surface area contributed by atoms with Crippen LogP contribution in [0.2, 0.25) is 0 Å². The lowest BCUT2D eigenvalue weighted by Crippen LogP contribution is -2.42. The molecule has 150 valence electrons. The highest BCUT2D eigenvalue weighted by atomic mass is 127. The average Bonchev–Trinajstić information content (AvgIpc) is 3.28. The third-order valence-electron chi connectivity index (χ3n) is 5.28. The summed E-state index contributed by atoms with van der Waals surface area (Å²) in [5.41, 5.74) is 2.41. The van der Waals surface area contributed by atoms with E-state index in [1.807, 2.05) is 23.7 Å². The Hall–Kier alpha value is -0.960. The molecule has 0 spiro atoms. The zero-order valence-corrected chi connectivity index (χ0v) is 19.4. The quantitative estimate of drug-likeness (QED) is 0.356. The van der Waals surface area contributed by atoms with Gasteiger partial charge in [0.2, 0.25) is 5.91 Å². The fraction of sp³-hybridized carbons (Fsp3) is 0.600. The molecule has 2 unspecified atom stereocenters. The molecule has 1 aromatic carbocycles. The maximum Gasteiger partial charge on any atom is 0.222 e. The molecule has 2 atom stereocenters. The Bertz CT molecular complexity index is 655. The second-order valence-electron chi connectivity index (χ2n) is 7.18. The number of amides is 1. The first-order chi connectivity index (χ1) is 12.7. The molecule has 27 heavy (non-hydrogen) atoms. The van der Waals surface area contributed by atoms with E-state index in [0.717, 1.165) is 37.3 Å². The minimum Gasteiger partial charge on any atom is -0.354 e. The molecular formula is C20H31IN4OS. The second-order valence-corrected chi connectivity index (χ2v) is 8.31. The highest BCUT2D eigenvalue weighted by Crippen LogP contribution is 2.28. The van der Waals surface area contributed by atoms with Crippen LogP contribution in [0.3, 0.4) is 0 Å². The van der Waals surface area contributed by atoms with Crippen LogP contribution in [-0.2, 0) is 17.9 Å². The topological polar surface area (TPSA) is 56.7 Å². The molecule has 1 aliphatic carbocycles. The van der Waals surface area contributed by atoms with Gasteiger partial charge in [0, 0.05) is 44.4 Å². The van der Waals surface area contributed by atoms with Gasteiger partial charge in [0.05, 0.1) is 0 Å². The van der Waals surface area contributed by atoms with Crippen molar-refractivity contribution in [3.8, 4) is 0 Å². The van der Waals surface area contributed by atoms with Crippen LogP contribution in [0, 0.1) is 0 Å². The molecule has 1 saturated carbocycles. The molecule has 1 amide bonds. The van der Waals surface area contributed by atoms with Crippen molar-refractivity contribution in [1.82, 2.24) is 15.5 Å². The first-order valence-corrected chi connectivity index (χ1v) is 10.8. The Kier molecular flexibility index (Phi) is 9.21. The number of guanidine groups is 1. The van der Waals surface area contributed by atoms with Crippen LogP contribution in [-0.4, -0.2) is 47.9 Å². The fourth-order valence-electron chi connectivity index (χ4n) is 3.79. The first-order valence-electron chi connectivity index (χ1n) is 9.53. The molecule has 2 fully saturated rings. The number of hydrogen-bond donors (Lipinski definition) is 2. The van der Waals surface area contributed by atoms with E-state index in [-0.39, 0.29) is 29.9 Å². The van der Waals surface area contributed by atoms with Crippen molar-refractivity contribution >= 4 is 47.6 Å². The number of nitrogens with one attached hydrogen (secondary N) is 2. The summed E-state index contributed by atoms with van der Waals surface area (Å²) in [4.78, 5) is 18.1. The Morgan fingerprint density at radius 1 is 1.33 bits per heavy atom. The fourth-order valence-corrected chi connectivity index (χ4v) is 4.59. The molecule has 2 N–H and O–H groups in total. The molecule has 1 aliphatic heterocycles. The molecule has 0 radical (unpaired) electrons. The SMILES string of the molecule is CN=C(NCc1cccc(CN2CCCC2=O)c1)NC1CCC(SC)C1.I. The zero-order valence-electron chi connectivity index (χ0n) is 16.2. The molecule has 1 aromatic rings. The number of aliphatic imine (C=N–C) groups is 1. The van der Waals surface area contributed by atoms with E-state index in [0.29, 0.717) is 12.5 Å². The van der Waals surface area contributed by atoms with Gasteiger partial charge in [-0.2, -0.15) is 11.8 Å². The van der Waals surface area contributed by atoms with Gasteiger partial charge in [-0.1, -0.05) is 24.3 Å². The van der Waals surface area contributed by atoms with Gasteiger partial charge in [-0.15, -0.1) is 24.0 Å². The number of halogens is 1. The van der Waals surface area contributed by atoms with Crippen molar-refractivity contribution in [2.45, 2.75) is 56.5 Å². The minimum absolute atomic E-state index is 0. The van der Waals surface area contributed by atoms with Crippen LogP contribution in [0.4, 0.5) is 0 Å². The number of carbonyl (C=O) groups is 1. The highest BCUT2D eigenvalue weighted by Gasteiger charge is 2.24. The van der Waals surface area contributed by atoms with Gasteiger partial charge in [-0.25, -0.2) is 0 Å². The van der Waals surface area contributed by atoms with Crippen LogP contribution in [0.1, 0.15) is 43.2 Å². The van der Waals surface area contributed by atoms with E-state index < -0.39 is 0 Å². The van der Waals surface area contributed by atoms with Crippen LogP contribution in [0.5, 0.6) is 0 Å². The number of rotatable bonds is 6. The zero-order chi connectivity index (χ0) is 18.4. The van der Waals surface area contributed by atoms with Gasteiger partial charge in [-0.05, 0) is 43.1 Å². The maximum atomic E-state index is 11.8. The lowest BCUT2D eigenvalue weighted by atomic mass is 10.1. The molecule has 5 nitrogen and oxygen atoms in total.